The summed E-state index contributed by atoms with van der Waals surface area (Å²) in [6, 6.07) is 14.3. The standard InChI is InChI=1S/C33H51F3N2O8Si/c1-32(2,3)47(4,5)46-28(24-44-23-27-13-8-12-26-11-6-7-14-29(26)27)25-45-31(40)38-16-10-18-42-20-22-43-21-19-41-17-9-15-37-30(39)33(34,35)36/h6-8,11-14,28H,9-10,15-25H2,1-5H3,(H,37,39)(H,38,40)/t28-/m0/s1. The molecule has 0 saturated heterocycles. The maximum absolute atomic E-state index is 12.4. The monoisotopic (exact) mass is 688 g/mol. The van der Waals surface area contributed by atoms with E-state index in [0.29, 0.717) is 46.0 Å². The van der Waals surface area contributed by atoms with Crippen LogP contribution in [0.2, 0.25) is 18.1 Å². The number of benzene rings is 2. The van der Waals surface area contributed by atoms with Gasteiger partial charge in [0.15, 0.2) is 8.32 Å². The summed E-state index contributed by atoms with van der Waals surface area (Å²) in [4.78, 5) is 23.1. The van der Waals surface area contributed by atoms with Crippen LogP contribution in [0.25, 0.3) is 10.8 Å². The lowest BCUT2D eigenvalue weighted by Gasteiger charge is -2.39. The van der Waals surface area contributed by atoms with Gasteiger partial charge in [-0.25, -0.2) is 4.79 Å². The van der Waals surface area contributed by atoms with E-state index in [1.165, 1.54) is 0 Å². The van der Waals surface area contributed by atoms with Crippen LogP contribution in [0.5, 0.6) is 0 Å². The fourth-order valence-electron chi connectivity index (χ4n) is 4.03. The van der Waals surface area contributed by atoms with Crippen LogP contribution in [0.15, 0.2) is 42.5 Å². The van der Waals surface area contributed by atoms with Gasteiger partial charge in [0, 0.05) is 26.3 Å². The molecule has 0 unspecified atom stereocenters. The van der Waals surface area contributed by atoms with Gasteiger partial charge in [-0.1, -0.05) is 63.2 Å². The van der Waals surface area contributed by atoms with Crippen LogP contribution < -0.4 is 10.6 Å². The summed E-state index contributed by atoms with van der Waals surface area (Å²) in [6.07, 6.45) is -4.97. The molecular formula is C33H51F3N2O8Si. The molecule has 2 N–H and O–H groups in total. The number of ether oxygens (including phenoxy) is 5. The van der Waals surface area contributed by atoms with Crippen LogP contribution in [0.4, 0.5) is 18.0 Å². The van der Waals surface area contributed by atoms with Crippen molar-refractivity contribution in [2.24, 2.45) is 0 Å². The topological polar surface area (TPSA) is 114 Å². The molecule has 0 fully saturated rings. The van der Waals surface area contributed by atoms with Crippen molar-refractivity contribution in [3.8, 4) is 0 Å². The van der Waals surface area contributed by atoms with E-state index in [4.69, 9.17) is 28.1 Å². The average molecular weight is 689 g/mol. The van der Waals surface area contributed by atoms with E-state index < -0.39 is 32.6 Å². The maximum Gasteiger partial charge on any atom is 0.471 e. The van der Waals surface area contributed by atoms with Gasteiger partial charge in [0.2, 0.25) is 0 Å². The zero-order valence-corrected chi connectivity index (χ0v) is 29.2. The SMILES string of the molecule is CC(C)(C)[Si](C)(C)O[C@@H](COCc1cccc2ccccc12)COC(=O)NCCCOCCOCCOCCCNC(=O)C(F)(F)F. The van der Waals surface area contributed by atoms with Crippen molar-refractivity contribution in [1.82, 2.24) is 10.6 Å². The smallest absolute Gasteiger partial charge is 0.447 e. The first-order chi connectivity index (χ1) is 22.2. The molecule has 47 heavy (non-hydrogen) atoms. The Bertz CT molecular complexity index is 1210. The first kappa shape index (κ1) is 40.4. The van der Waals surface area contributed by atoms with Gasteiger partial charge in [0.1, 0.15) is 12.7 Å². The van der Waals surface area contributed by atoms with Crippen LogP contribution >= 0.6 is 0 Å². The Morgan fingerprint density at radius 3 is 1.96 bits per heavy atom. The minimum atomic E-state index is -4.88. The lowest BCUT2D eigenvalue weighted by Crippen LogP contribution is -2.46. The van der Waals surface area contributed by atoms with Crippen molar-refractivity contribution in [2.45, 2.75) is 70.6 Å². The van der Waals surface area contributed by atoms with E-state index in [1.807, 2.05) is 24.3 Å². The number of hydrogen-bond donors (Lipinski definition) is 2. The second-order valence-electron chi connectivity index (χ2n) is 12.5. The summed E-state index contributed by atoms with van der Waals surface area (Å²) in [5, 5.41) is 6.79. The summed E-state index contributed by atoms with van der Waals surface area (Å²) >= 11 is 0. The van der Waals surface area contributed by atoms with E-state index in [-0.39, 0.29) is 44.4 Å². The van der Waals surface area contributed by atoms with Crippen molar-refractivity contribution in [2.75, 3.05) is 65.9 Å². The summed E-state index contributed by atoms with van der Waals surface area (Å²) in [7, 11) is -2.15. The van der Waals surface area contributed by atoms with Gasteiger partial charge in [0.05, 0.1) is 39.6 Å². The fraction of sp³-hybridized carbons (Fsp3) is 0.636. The maximum atomic E-state index is 12.4. The van der Waals surface area contributed by atoms with Crippen LogP contribution in [-0.4, -0.2) is 98.5 Å². The van der Waals surface area contributed by atoms with Gasteiger partial charge in [-0.3, -0.25) is 4.79 Å². The number of fused-ring (bicyclic) bond motifs is 1. The second kappa shape index (κ2) is 20.6. The Balaban J connectivity index is 1.57. The van der Waals surface area contributed by atoms with Crippen LogP contribution in [0, 0.1) is 0 Å². The molecule has 10 nitrogen and oxygen atoms in total. The number of alkyl halides is 3. The fourth-order valence-corrected chi connectivity index (χ4v) is 5.35. The normalized spacial score (nSPS) is 13.0. The van der Waals surface area contributed by atoms with Crippen molar-refractivity contribution in [3.05, 3.63) is 48.0 Å². The van der Waals surface area contributed by atoms with Gasteiger partial charge in [0.25, 0.3) is 0 Å². The quantitative estimate of drug-likeness (QED) is 0.115. The van der Waals surface area contributed by atoms with Crippen molar-refractivity contribution < 1.29 is 50.9 Å². The lowest BCUT2D eigenvalue weighted by molar-refractivity contribution is -0.173. The Hall–Kier alpha value is -2.75. The largest absolute Gasteiger partial charge is 0.471 e. The highest BCUT2D eigenvalue weighted by atomic mass is 28.4. The molecule has 2 amide bonds. The molecule has 0 aliphatic rings. The molecule has 0 spiro atoms. The Labute approximate surface area is 277 Å². The number of hydrogen-bond acceptors (Lipinski definition) is 8. The van der Waals surface area contributed by atoms with Gasteiger partial charge >= 0.3 is 18.2 Å². The third-order valence-electron chi connectivity index (χ3n) is 7.60. The summed E-state index contributed by atoms with van der Waals surface area (Å²) in [5.41, 5.74) is 1.09. The number of halogens is 3. The zero-order valence-electron chi connectivity index (χ0n) is 28.2. The van der Waals surface area contributed by atoms with Gasteiger partial charge < -0.3 is 38.7 Å². The number of amides is 2. The predicted octanol–water partition coefficient (Wildman–Crippen LogP) is 5.98. The Morgan fingerprint density at radius 2 is 1.34 bits per heavy atom. The van der Waals surface area contributed by atoms with E-state index in [0.717, 1.165) is 16.3 Å². The summed E-state index contributed by atoms with van der Waals surface area (Å²) < 4.78 is 70.5. The van der Waals surface area contributed by atoms with Gasteiger partial charge in [-0.2, -0.15) is 13.2 Å². The van der Waals surface area contributed by atoms with Gasteiger partial charge in [-0.05, 0) is 47.3 Å². The van der Waals surface area contributed by atoms with Crippen LogP contribution in [0.1, 0.15) is 39.2 Å². The molecular weight excluding hydrogens is 637 g/mol. The van der Waals surface area contributed by atoms with Crippen molar-refractivity contribution >= 4 is 31.1 Å². The number of nitrogens with one attached hydrogen (secondary N) is 2. The molecule has 0 heterocycles. The molecule has 14 heteroatoms. The minimum Gasteiger partial charge on any atom is -0.447 e. The highest BCUT2D eigenvalue weighted by Crippen LogP contribution is 2.37. The van der Waals surface area contributed by atoms with Gasteiger partial charge in [-0.15, -0.1) is 0 Å². The Morgan fingerprint density at radius 1 is 0.766 bits per heavy atom. The highest BCUT2D eigenvalue weighted by Gasteiger charge is 2.40. The molecule has 1 atom stereocenters. The lowest BCUT2D eigenvalue weighted by atomic mass is 10.1. The first-order valence-corrected chi connectivity index (χ1v) is 18.8. The molecule has 0 aromatic heterocycles. The number of carbonyl (C=O) groups is 2. The number of carbonyl (C=O) groups excluding carboxylic acids is 2. The highest BCUT2D eigenvalue weighted by molar-refractivity contribution is 6.74. The average Bonchev–Trinajstić information content (AvgIpc) is 3.00. The Kier molecular flexibility index (Phi) is 17.7. The second-order valence-corrected chi connectivity index (χ2v) is 17.2. The van der Waals surface area contributed by atoms with E-state index >= 15 is 0 Å². The molecule has 2 aromatic rings. The summed E-state index contributed by atoms with van der Waals surface area (Å²) in [6.45, 7) is 13.7. The number of rotatable bonds is 22. The first-order valence-electron chi connectivity index (χ1n) is 15.9. The van der Waals surface area contributed by atoms with E-state index in [1.54, 1.807) is 5.32 Å². The molecule has 266 valence electrons. The van der Waals surface area contributed by atoms with Crippen molar-refractivity contribution in [3.63, 3.8) is 0 Å². The molecule has 0 bridgehead atoms. The summed E-state index contributed by atoms with van der Waals surface area (Å²) in [5.74, 6) is -1.96. The van der Waals surface area contributed by atoms with Crippen LogP contribution in [-0.2, 0) is 39.5 Å². The molecule has 0 aliphatic heterocycles. The molecule has 2 rings (SSSR count). The molecule has 0 saturated carbocycles. The van der Waals surface area contributed by atoms with Crippen LogP contribution in [0.3, 0.4) is 0 Å². The predicted molar refractivity (Wildman–Crippen MR) is 176 cm³/mol. The zero-order chi connectivity index (χ0) is 34.8. The van der Waals surface area contributed by atoms with E-state index in [2.05, 4.69) is 57.4 Å². The minimum absolute atomic E-state index is 0.0198. The molecule has 0 radical (unpaired) electrons. The van der Waals surface area contributed by atoms with Crippen molar-refractivity contribution in [1.29, 1.82) is 0 Å². The van der Waals surface area contributed by atoms with E-state index in [9.17, 15) is 22.8 Å². The third-order valence-corrected chi connectivity index (χ3v) is 12.1. The number of alkyl carbamates (subject to hydrolysis) is 1. The molecule has 2 aromatic carbocycles. The molecule has 0 aliphatic carbocycles. The third kappa shape index (κ3) is 16.3.